The van der Waals surface area contributed by atoms with Gasteiger partial charge in [0.05, 0.1) is 18.7 Å². The molecule has 8 heteroatoms. The summed E-state index contributed by atoms with van der Waals surface area (Å²) >= 11 is 3.73. The van der Waals surface area contributed by atoms with E-state index in [-0.39, 0.29) is 6.79 Å². The van der Waals surface area contributed by atoms with Crippen LogP contribution in [0.3, 0.4) is 0 Å². The number of halogens is 1. The number of fused-ring (bicyclic) bond motifs is 1. The maximum atomic E-state index is 15.8. The van der Waals surface area contributed by atoms with Crippen LogP contribution in [0.15, 0.2) is 65.1 Å². The van der Waals surface area contributed by atoms with Crippen molar-refractivity contribution < 1.29 is 28.2 Å². The molecule has 4 aromatic carbocycles. The zero-order chi connectivity index (χ0) is 27.9. The molecule has 0 aliphatic carbocycles. The zero-order valence-corrected chi connectivity index (χ0v) is 25.2. The molecule has 0 aromatic heterocycles. The second-order valence-corrected chi connectivity index (χ2v) is 13.0. The molecule has 0 radical (unpaired) electrons. The average molecular weight is 609 g/mol. The predicted molar refractivity (Wildman–Crippen MR) is 158 cm³/mol. The number of ether oxygens (including phenoxy) is 5. The van der Waals surface area contributed by atoms with Crippen LogP contribution in [0.1, 0.15) is 22.3 Å². The van der Waals surface area contributed by atoms with Gasteiger partial charge < -0.3 is 28.2 Å². The molecule has 6 nitrogen and oxygen atoms in total. The van der Waals surface area contributed by atoms with Crippen molar-refractivity contribution in [2.24, 2.45) is 0 Å². The van der Waals surface area contributed by atoms with Crippen molar-refractivity contribution >= 4 is 39.0 Å². The zero-order valence-electron chi connectivity index (χ0n) is 22.8. The summed E-state index contributed by atoms with van der Waals surface area (Å²) in [4.78, 5) is 0. The van der Waals surface area contributed by atoms with E-state index in [1.165, 1.54) is 0 Å². The molecule has 4 aromatic rings. The van der Waals surface area contributed by atoms with Gasteiger partial charge in [-0.15, -0.1) is 0 Å². The first kappa shape index (κ1) is 27.2. The molecule has 1 heterocycles. The fourth-order valence-corrected chi connectivity index (χ4v) is 9.40. The molecule has 1 aliphatic rings. The van der Waals surface area contributed by atoms with E-state index in [9.17, 15) is 0 Å². The highest BCUT2D eigenvalue weighted by atomic mass is 79.9. The lowest BCUT2D eigenvalue weighted by Gasteiger charge is -2.25. The Morgan fingerprint density at radius 1 is 0.744 bits per heavy atom. The lowest BCUT2D eigenvalue weighted by atomic mass is 10.1. The van der Waals surface area contributed by atoms with Crippen molar-refractivity contribution in [1.82, 2.24) is 0 Å². The van der Waals surface area contributed by atoms with Gasteiger partial charge in [0.1, 0.15) is 17.2 Å². The highest BCUT2D eigenvalue weighted by Crippen LogP contribution is 2.54. The van der Waals surface area contributed by atoms with Gasteiger partial charge >= 0.3 is 0 Å². The Morgan fingerprint density at radius 2 is 1.23 bits per heavy atom. The maximum Gasteiger partial charge on any atom is 0.231 e. The molecule has 0 amide bonds. The summed E-state index contributed by atoms with van der Waals surface area (Å²) in [6, 6.07) is 19.0. The molecular formula is C31H30BrO6P. The van der Waals surface area contributed by atoms with E-state index in [2.05, 4.69) is 15.9 Å². The highest BCUT2D eigenvalue weighted by molar-refractivity contribution is 9.10. The van der Waals surface area contributed by atoms with Crippen molar-refractivity contribution in [2.45, 2.75) is 27.7 Å². The second kappa shape index (κ2) is 10.6. The van der Waals surface area contributed by atoms with Gasteiger partial charge in [-0.1, -0.05) is 18.2 Å². The number of methoxy groups -OCH3 is 2. The number of hydrogen-bond acceptors (Lipinski definition) is 6. The normalized spacial score (nSPS) is 12.4. The molecule has 0 N–H and O–H groups in total. The minimum atomic E-state index is -3.52. The second-order valence-electron chi connectivity index (χ2n) is 9.52. The predicted octanol–water partition coefficient (Wildman–Crippen LogP) is 6.86. The van der Waals surface area contributed by atoms with Crippen molar-refractivity contribution in [3.05, 3.63) is 87.4 Å². The summed E-state index contributed by atoms with van der Waals surface area (Å²) in [7, 11) is -0.229. The minimum Gasteiger partial charge on any atom is -0.496 e. The van der Waals surface area contributed by atoms with Crippen molar-refractivity contribution in [3.8, 4) is 34.5 Å². The number of benzene rings is 4. The van der Waals surface area contributed by atoms with Crippen molar-refractivity contribution in [2.75, 3.05) is 21.0 Å². The van der Waals surface area contributed by atoms with Crippen LogP contribution in [-0.2, 0) is 4.57 Å². The van der Waals surface area contributed by atoms with Crippen LogP contribution in [0.5, 0.6) is 34.5 Å². The molecule has 0 fully saturated rings. The van der Waals surface area contributed by atoms with Gasteiger partial charge in [0, 0.05) is 15.9 Å². The molecule has 5 rings (SSSR count). The van der Waals surface area contributed by atoms with Crippen LogP contribution in [0.25, 0.3) is 0 Å². The van der Waals surface area contributed by atoms with E-state index in [0.29, 0.717) is 43.4 Å². The van der Waals surface area contributed by atoms with Gasteiger partial charge in [0.15, 0.2) is 18.6 Å². The standard InChI is InChI=1S/C31H30BrO6P/c1-18-12-23(13-19(2)28(18)34-5)39(33,24-14-20(3)29(35-6)21(4)15-24)26-16-25(38-22-10-8-7-9-11-22)30-31(27(26)32)37-17-36-30/h7-16H,17H2,1-6H3. The summed E-state index contributed by atoms with van der Waals surface area (Å²) in [5, 5.41) is 1.89. The third kappa shape index (κ3) is 4.68. The van der Waals surface area contributed by atoms with E-state index >= 15 is 4.57 Å². The molecule has 0 bridgehead atoms. The first-order valence-electron chi connectivity index (χ1n) is 12.5. The quantitative estimate of drug-likeness (QED) is 0.214. The van der Waals surface area contributed by atoms with E-state index in [1.807, 2.05) is 82.3 Å². The SMILES string of the molecule is COc1c(C)cc(P(=O)(c2cc(C)c(OC)c(C)c2)c2cc(Oc3ccccc3)c3c(c2Br)OCO3)cc1C. The van der Waals surface area contributed by atoms with Gasteiger partial charge in [-0.05, 0) is 108 Å². The molecule has 0 unspecified atom stereocenters. The summed E-state index contributed by atoms with van der Waals surface area (Å²) in [6.45, 7) is 7.88. The number of hydrogen-bond donors (Lipinski definition) is 0. The molecule has 0 saturated carbocycles. The van der Waals surface area contributed by atoms with Crippen molar-refractivity contribution in [3.63, 3.8) is 0 Å². The third-order valence-electron chi connectivity index (χ3n) is 6.86. The molecule has 1 aliphatic heterocycles. The summed E-state index contributed by atoms with van der Waals surface area (Å²) < 4.78 is 45.5. The van der Waals surface area contributed by atoms with Crippen LogP contribution in [0.4, 0.5) is 0 Å². The number of rotatable bonds is 7. The lowest BCUT2D eigenvalue weighted by Crippen LogP contribution is -2.27. The largest absolute Gasteiger partial charge is 0.496 e. The maximum absolute atomic E-state index is 15.8. The van der Waals surface area contributed by atoms with Gasteiger partial charge in [-0.25, -0.2) is 0 Å². The first-order valence-corrected chi connectivity index (χ1v) is 15.0. The third-order valence-corrected chi connectivity index (χ3v) is 11.0. The molecule has 202 valence electrons. The Hall–Kier alpha value is -3.41. The van der Waals surface area contributed by atoms with Crippen molar-refractivity contribution in [1.29, 1.82) is 0 Å². The highest BCUT2D eigenvalue weighted by Gasteiger charge is 2.38. The number of para-hydroxylation sites is 1. The lowest BCUT2D eigenvalue weighted by molar-refractivity contribution is 0.171. The Balaban J connectivity index is 1.83. The summed E-state index contributed by atoms with van der Waals surface area (Å²) in [5.41, 5.74) is 3.58. The number of aryl methyl sites for hydroxylation is 4. The van der Waals surface area contributed by atoms with Gasteiger partial charge in [-0.2, -0.15) is 0 Å². The Bertz CT molecular complexity index is 1510. The summed E-state index contributed by atoms with van der Waals surface area (Å²) in [6.07, 6.45) is 0. The average Bonchev–Trinajstić information content (AvgIpc) is 3.41. The van der Waals surface area contributed by atoms with Crippen LogP contribution in [-0.4, -0.2) is 21.0 Å². The van der Waals surface area contributed by atoms with Gasteiger partial charge in [0.2, 0.25) is 12.5 Å². The smallest absolute Gasteiger partial charge is 0.231 e. The topological polar surface area (TPSA) is 63.2 Å². The van der Waals surface area contributed by atoms with Crippen LogP contribution < -0.4 is 39.6 Å². The van der Waals surface area contributed by atoms with E-state index in [0.717, 1.165) is 33.8 Å². The Kier molecular flexibility index (Phi) is 7.41. The Morgan fingerprint density at radius 3 is 1.72 bits per heavy atom. The molecule has 0 spiro atoms. The van der Waals surface area contributed by atoms with Crippen LogP contribution >= 0.6 is 23.1 Å². The first-order chi connectivity index (χ1) is 18.7. The Labute approximate surface area is 237 Å². The van der Waals surface area contributed by atoms with Crippen LogP contribution in [0, 0.1) is 27.7 Å². The molecule has 0 saturated heterocycles. The fourth-order valence-electron chi connectivity index (χ4n) is 5.20. The van der Waals surface area contributed by atoms with Crippen LogP contribution in [0.2, 0.25) is 0 Å². The molecular weight excluding hydrogens is 579 g/mol. The molecule has 39 heavy (non-hydrogen) atoms. The molecule has 0 atom stereocenters. The van der Waals surface area contributed by atoms with Gasteiger partial charge in [-0.3, -0.25) is 0 Å². The van der Waals surface area contributed by atoms with E-state index < -0.39 is 7.14 Å². The van der Waals surface area contributed by atoms with E-state index in [1.54, 1.807) is 20.3 Å². The van der Waals surface area contributed by atoms with E-state index in [4.69, 9.17) is 23.7 Å². The minimum absolute atomic E-state index is 0.0361. The summed E-state index contributed by atoms with van der Waals surface area (Å²) in [5.74, 6) is 3.52. The monoisotopic (exact) mass is 608 g/mol. The fraction of sp³-hybridized carbons (Fsp3) is 0.226. The van der Waals surface area contributed by atoms with Gasteiger partial charge in [0.25, 0.3) is 0 Å².